The van der Waals surface area contributed by atoms with Gasteiger partial charge in [-0.1, -0.05) is 12.1 Å². The largest absolute Gasteiger partial charge is 0.423 e. The molecule has 0 radical (unpaired) electrons. The van der Waals surface area contributed by atoms with E-state index in [1.807, 2.05) is 23.7 Å². The third-order valence-electron chi connectivity index (χ3n) is 4.49. The lowest BCUT2D eigenvalue weighted by Gasteiger charge is -2.09. The SMILES string of the molecule is CCn1nccc1-c1cc(-c2nnco2)c2cnn(-c3ccccc3F)c2n1. The molecule has 0 aliphatic carbocycles. The highest BCUT2D eigenvalue weighted by Gasteiger charge is 2.19. The third kappa shape index (κ3) is 2.48. The molecular formula is C19H14FN7O. The van der Waals surface area contributed by atoms with Gasteiger partial charge in [-0.05, 0) is 31.2 Å². The van der Waals surface area contributed by atoms with Crippen molar-refractivity contribution >= 4 is 11.0 Å². The molecule has 138 valence electrons. The van der Waals surface area contributed by atoms with Crippen LogP contribution >= 0.6 is 0 Å². The van der Waals surface area contributed by atoms with Crippen LogP contribution in [-0.2, 0) is 6.54 Å². The highest BCUT2D eigenvalue weighted by atomic mass is 19.1. The van der Waals surface area contributed by atoms with Crippen LogP contribution in [0.3, 0.4) is 0 Å². The number of benzene rings is 1. The highest BCUT2D eigenvalue weighted by molar-refractivity contribution is 5.93. The van der Waals surface area contributed by atoms with Crippen LogP contribution in [0.2, 0.25) is 0 Å². The molecule has 28 heavy (non-hydrogen) atoms. The molecule has 0 fully saturated rings. The van der Waals surface area contributed by atoms with Crippen molar-refractivity contribution in [3.05, 3.63) is 61.0 Å². The molecule has 5 rings (SSSR count). The molecule has 0 unspecified atom stereocenters. The van der Waals surface area contributed by atoms with Crippen LogP contribution in [0, 0.1) is 5.82 Å². The second kappa shape index (κ2) is 6.38. The first-order valence-electron chi connectivity index (χ1n) is 8.68. The quantitative estimate of drug-likeness (QED) is 0.478. The number of aryl methyl sites for hydroxylation is 1. The molecular weight excluding hydrogens is 361 g/mol. The molecule has 0 amide bonds. The van der Waals surface area contributed by atoms with E-state index in [0.717, 1.165) is 5.69 Å². The standard InChI is InChI=1S/C19H14FN7O/c1-2-26-17(7-8-22-26)15-9-12(19-25-21-11-28-19)13-10-23-27(18(13)24-15)16-6-4-3-5-14(16)20/h3-11H,2H2,1H3. The Kier molecular flexibility index (Phi) is 3.71. The molecule has 0 atom stereocenters. The van der Waals surface area contributed by atoms with E-state index in [1.54, 1.807) is 30.6 Å². The number of halogens is 1. The van der Waals surface area contributed by atoms with Crippen LogP contribution < -0.4 is 0 Å². The summed E-state index contributed by atoms with van der Waals surface area (Å²) < 4.78 is 23.1. The zero-order chi connectivity index (χ0) is 19.1. The summed E-state index contributed by atoms with van der Waals surface area (Å²) in [6.07, 6.45) is 4.60. The topological polar surface area (TPSA) is 87.5 Å². The molecule has 1 aromatic carbocycles. The smallest absolute Gasteiger partial charge is 0.248 e. The maximum Gasteiger partial charge on any atom is 0.248 e. The average Bonchev–Trinajstić information content (AvgIpc) is 3.47. The number of aromatic nitrogens is 7. The van der Waals surface area contributed by atoms with Gasteiger partial charge in [0.15, 0.2) is 5.65 Å². The van der Waals surface area contributed by atoms with E-state index in [2.05, 4.69) is 20.4 Å². The molecule has 0 bridgehead atoms. The Morgan fingerprint density at radius 1 is 1.14 bits per heavy atom. The number of nitrogens with zero attached hydrogens (tertiary/aromatic N) is 7. The van der Waals surface area contributed by atoms with Crippen LogP contribution in [0.15, 0.2) is 59.6 Å². The van der Waals surface area contributed by atoms with Crippen molar-refractivity contribution in [1.82, 2.24) is 34.7 Å². The summed E-state index contributed by atoms with van der Waals surface area (Å²) in [4.78, 5) is 4.76. The molecule has 5 aromatic rings. The van der Waals surface area contributed by atoms with E-state index in [4.69, 9.17) is 9.40 Å². The lowest BCUT2D eigenvalue weighted by molar-refractivity contribution is 0.569. The fourth-order valence-corrected chi connectivity index (χ4v) is 3.20. The predicted molar refractivity (Wildman–Crippen MR) is 99.0 cm³/mol. The van der Waals surface area contributed by atoms with Gasteiger partial charge in [0.25, 0.3) is 0 Å². The van der Waals surface area contributed by atoms with E-state index in [1.165, 1.54) is 17.1 Å². The molecule has 0 aliphatic heterocycles. The Bertz CT molecular complexity index is 1270. The van der Waals surface area contributed by atoms with Crippen LogP contribution in [-0.4, -0.2) is 34.7 Å². The summed E-state index contributed by atoms with van der Waals surface area (Å²) in [5.41, 5.74) is 2.94. The molecule has 9 heteroatoms. The van der Waals surface area contributed by atoms with Gasteiger partial charge in [-0.15, -0.1) is 10.2 Å². The fraction of sp³-hybridized carbons (Fsp3) is 0.105. The molecule has 0 aliphatic rings. The lowest BCUT2D eigenvalue weighted by atomic mass is 10.1. The van der Waals surface area contributed by atoms with Crippen molar-refractivity contribution in [3.8, 4) is 28.5 Å². The molecule has 8 nitrogen and oxygen atoms in total. The molecule has 0 spiro atoms. The van der Waals surface area contributed by atoms with Crippen LogP contribution in [0.5, 0.6) is 0 Å². The summed E-state index contributed by atoms with van der Waals surface area (Å²) in [5.74, 6) is -0.0538. The number of pyridine rings is 1. The maximum atomic E-state index is 14.4. The van der Waals surface area contributed by atoms with Crippen molar-refractivity contribution in [2.24, 2.45) is 0 Å². The number of rotatable bonds is 4. The third-order valence-corrected chi connectivity index (χ3v) is 4.49. The van der Waals surface area contributed by atoms with Crippen molar-refractivity contribution in [1.29, 1.82) is 0 Å². The average molecular weight is 375 g/mol. The van der Waals surface area contributed by atoms with Gasteiger partial charge in [0.2, 0.25) is 12.3 Å². The number of para-hydroxylation sites is 1. The van der Waals surface area contributed by atoms with E-state index in [0.29, 0.717) is 40.4 Å². The first-order valence-corrected chi connectivity index (χ1v) is 8.68. The van der Waals surface area contributed by atoms with Gasteiger partial charge in [0.1, 0.15) is 11.5 Å². The van der Waals surface area contributed by atoms with E-state index < -0.39 is 5.82 Å². The van der Waals surface area contributed by atoms with Gasteiger partial charge in [-0.2, -0.15) is 10.2 Å². The molecule has 0 saturated carbocycles. The minimum Gasteiger partial charge on any atom is -0.423 e. The second-order valence-corrected chi connectivity index (χ2v) is 6.08. The van der Waals surface area contributed by atoms with Gasteiger partial charge in [-0.3, -0.25) is 4.68 Å². The molecule has 4 aromatic heterocycles. The monoisotopic (exact) mass is 375 g/mol. The Hall–Kier alpha value is -3.88. The second-order valence-electron chi connectivity index (χ2n) is 6.08. The number of fused-ring (bicyclic) bond motifs is 1. The summed E-state index contributed by atoms with van der Waals surface area (Å²) in [5, 5.41) is 17.1. The molecule has 0 saturated heterocycles. The minimum absolute atomic E-state index is 0.308. The molecule has 0 N–H and O–H groups in total. The van der Waals surface area contributed by atoms with E-state index in [-0.39, 0.29) is 0 Å². The van der Waals surface area contributed by atoms with Gasteiger partial charge in [-0.25, -0.2) is 14.1 Å². The Balaban J connectivity index is 1.83. The number of hydrogen-bond acceptors (Lipinski definition) is 6. The lowest BCUT2D eigenvalue weighted by Crippen LogP contribution is -2.03. The highest BCUT2D eigenvalue weighted by Crippen LogP contribution is 2.32. The Morgan fingerprint density at radius 3 is 2.82 bits per heavy atom. The van der Waals surface area contributed by atoms with Gasteiger partial charge >= 0.3 is 0 Å². The van der Waals surface area contributed by atoms with Gasteiger partial charge in [0.05, 0.1) is 28.5 Å². The van der Waals surface area contributed by atoms with E-state index >= 15 is 0 Å². The first kappa shape index (κ1) is 16.3. The molecule has 4 heterocycles. The summed E-state index contributed by atoms with van der Waals surface area (Å²) in [6, 6.07) is 10.1. The van der Waals surface area contributed by atoms with Crippen molar-refractivity contribution in [2.75, 3.05) is 0 Å². The zero-order valence-corrected chi connectivity index (χ0v) is 14.8. The zero-order valence-electron chi connectivity index (χ0n) is 14.8. The number of hydrogen-bond donors (Lipinski definition) is 0. The van der Waals surface area contributed by atoms with Gasteiger partial charge in [0, 0.05) is 12.7 Å². The van der Waals surface area contributed by atoms with E-state index in [9.17, 15) is 4.39 Å². The van der Waals surface area contributed by atoms with Crippen molar-refractivity contribution in [3.63, 3.8) is 0 Å². The van der Waals surface area contributed by atoms with Crippen LogP contribution in [0.1, 0.15) is 6.92 Å². The van der Waals surface area contributed by atoms with Gasteiger partial charge < -0.3 is 4.42 Å². The first-order chi connectivity index (χ1) is 13.8. The fourth-order valence-electron chi connectivity index (χ4n) is 3.20. The Labute approximate surface area is 158 Å². The van der Waals surface area contributed by atoms with Crippen LogP contribution in [0.25, 0.3) is 39.6 Å². The van der Waals surface area contributed by atoms with Crippen LogP contribution in [0.4, 0.5) is 4.39 Å². The summed E-state index contributed by atoms with van der Waals surface area (Å²) >= 11 is 0. The normalized spacial score (nSPS) is 11.4. The van der Waals surface area contributed by atoms with Crippen molar-refractivity contribution < 1.29 is 8.81 Å². The Morgan fingerprint density at radius 2 is 2.04 bits per heavy atom. The summed E-state index contributed by atoms with van der Waals surface area (Å²) in [6.45, 7) is 2.68. The predicted octanol–water partition coefficient (Wildman–Crippen LogP) is 3.49. The maximum absolute atomic E-state index is 14.4. The minimum atomic E-state index is -0.391. The van der Waals surface area contributed by atoms with Crippen molar-refractivity contribution in [2.45, 2.75) is 13.5 Å². The summed E-state index contributed by atoms with van der Waals surface area (Å²) in [7, 11) is 0.